The molecule has 0 bridgehead atoms. The zero-order chi connectivity index (χ0) is 34.7. The summed E-state index contributed by atoms with van der Waals surface area (Å²) in [5.74, 6) is -0.902. The van der Waals surface area contributed by atoms with Gasteiger partial charge >= 0.3 is 19.8 Å². The average molecular weight is 684 g/mol. The van der Waals surface area contributed by atoms with Gasteiger partial charge in [-0.05, 0) is 51.4 Å². The molecule has 2 atom stereocenters. The normalized spacial score (nSPS) is 14.0. The van der Waals surface area contributed by atoms with Gasteiger partial charge in [-0.25, -0.2) is 4.57 Å². The van der Waals surface area contributed by atoms with E-state index in [1.807, 2.05) is 6.08 Å². The maximum absolute atomic E-state index is 12.5. The summed E-state index contributed by atoms with van der Waals surface area (Å²) < 4.78 is 32.5. The highest BCUT2D eigenvalue weighted by atomic mass is 31.2. The quantitative estimate of drug-likeness (QED) is 0.0300. The number of unbranched alkanes of at least 4 members (excludes halogenated alkanes) is 12. The van der Waals surface area contributed by atoms with Crippen LogP contribution in [0, 0.1) is 0 Å². The second kappa shape index (κ2) is 33.9. The van der Waals surface area contributed by atoms with Crippen molar-refractivity contribution in [2.45, 2.75) is 148 Å². The van der Waals surface area contributed by atoms with E-state index in [0.29, 0.717) is 12.8 Å². The van der Waals surface area contributed by atoms with Crippen molar-refractivity contribution in [3.05, 3.63) is 48.6 Å². The maximum atomic E-state index is 12.5. The Morgan fingerprint density at radius 3 is 1.70 bits per heavy atom. The van der Waals surface area contributed by atoms with Gasteiger partial charge in [0.15, 0.2) is 6.10 Å². The fraction of sp³-hybridized carbons (Fsp3) is 0.730. The first-order valence-corrected chi connectivity index (χ1v) is 19.6. The Kier molecular flexibility index (Phi) is 32.4. The fourth-order valence-corrected chi connectivity index (χ4v) is 5.27. The van der Waals surface area contributed by atoms with Crippen molar-refractivity contribution in [2.75, 3.05) is 26.4 Å². The number of phosphoric ester groups is 1. The van der Waals surface area contributed by atoms with Crippen LogP contribution in [0.2, 0.25) is 0 Å². The lowest BCUT2D eigenvalue weighted by molar-refractivity contribution is -0.161. The standard InChI is InChI=1S/C37H66NO8P/c1-3-5-7-9-11-13-14-15-16-17-18-19-20-22-24-26-28-30-37(40)46-35(34-45-47(41,42)44-32-31-38)33-43-36(39)29-27-25-23-21-12-10-8-6-4-2/h11,13,15-16,18-19,22,24,35H,3-10,12,14,17,20-21,23,25-34,38H2,1-2H3,(H,41,42)/b13-11+,16-15+,19-18+,24-22+/t35-/m1/s1. The Balaban J connectivity index is 4.36. The van der Waals surface area contributed by atoms with E-state index in [1.165, 1.54) is 64.2 Å². The van der Waals surface area contributed by atoms with Gasteiger partial charge in [-0.1, -0.05) is 127 Å². The molecular weight excluding hydrogens is 617 g/mol. The van der Waals surface area contributed by atoms with Crippen LogP contribution in [0.25, 0.3) is 0 Å². The number of nitrogens with two attached hydrogens (primary N) is 1. The number of esters is 2. The topological polar surface area (TPSA) is 134 Å². The smallest absolute Gasteiger partial charge is 0.462 e. The van der Waals surface area contributed by atoms with E-state index in [1.54, 1.807) is 0 Å². The number of phosphoric acid groups is 1. The van der Waals surface area contributed by atoms with Crippen molar-refractivity contribution < 1.29 is 37.6 Å². The summed E-state index contributed by atoms with van der Waals surface area (Å²) in [6.07, 6.45) is 35.8. The van der Waals surface area contributed by atoms with Crippen LogP contribution in [-0.4, -0.2) is 49.3 Å². The van der Waals surface area contributed by atoms with Crippen molar-refractivity contribution in [3.8, 4) is 0 Å². The van der Waals surface area contributed by atoms with E-state index < -0.39 is 32.5 Å². The van der Waals surface area contributed by atoms with Gasteiger partial charge in [-0.2, -0.15) is 0 Å². The minimum absolute atomic E-state index is 0.0439. The van der Waals surface area contributed by atoms with E-state index in [0.717, 1.165) is 38.5 Å². The minimum atomic E-state index is -4.38. The molecule has 1 unspecified atom stereocenters. The van der Waals surface area contributed by atoms with Gasteiger partial charge in [-0.3, -0.25) is 18.6 Å². The molecule has 0 aliphatic carbocycles. The van der Waals surface area contributed by atoms with Crippen LogP contribution < -0.4 is 5.73 Å². The highest BCUT2D eigenvalue weighted by molar-refractivity contribution is 7.47. The number of carbonyl (C=O) groups is 2. The summed E-state index contributed by atoms with van der Waals surface area (Å²) in [4.78, 5) is 34.5. The highest BCUT2D eigenvalue weighted by Crippen LogP contribution is 2.43. The number of hydrogen-bond donors (Lipinski definition) is 2. The predicted octanol–water partition coefficient (Wildman–Crippen LogP) is 9.60. The third-order valence-electron chi connectivity index (χ3n) is 7.22. The third-order valence-corrected chi connectivity index (χ3v) is 8.20. The Bertz CT molecular complexity index is 918. The SMILES string of the molecule is CCCCC/C=C/C/C=C/C/C=C/C/C=C/CCCC(=O)O[C@H](COC(=O)CCCCCCCCCCC)COP(=O)(O)OCCN. The predicted molar refractivity (Wildman–Crippen MR) is 192 cm³/mol. The van der Waals surface area contributed by atoms with Gasteiger partial charge in [0.1, 0.15) is 6.61 Å². The number of allylic oxidation sites excluding steroid dienone is 8. The molecule has 3 N–H and O–H groups in total. The molecule has 0 aliphatic heterocycles. The Labute approximate surface area is 286 Å². The summed E-state index contributed by atoms with van der Waals surface area (Å²) in [6, 6.07) is 0. The van der Waals surface area contributed by atoms with Crippen LogP contribution in [0.15, 0.2) is 48.6 Å². The van der Waals surface area contributed by atoms with Crippen LogP contribution in [0.1, 0.15) is 142 Å². The van der Waals surface area contributed by atoms with Crippen molar-refractivity contribution in [1.29, 1.82) is 0 Å². The molecule has 0 aromatic heterocycles. The zero-order valence-corrected chi connectivity index (χ0v) is 30.4. The van der Waals surface area contributed by atoms with Crippen molar-refractivity contribution in [1.82, 2.24) is 0 Å². The number of rotatable bonds is 33. The molecule has 0 aliphatic rings. The van der Waals surface area contributed by atoms with E-state index in [9.17, 15) is 19.0 Å². The minimum Gasteiger partial charge on any atom is -0.462 e. The molecule has 0 spiro atoms. The molecule has 0 saturated heterocycles. The second-order valence-corrected chi connectivity index (χ2v) is 13.2. The van der Waals surface area contributed by atoms with Crippen molar-refractivity contribution in [2.24, 2.45) is 5.73 Å². The largest absolute Gasteiger partial charge is 0.472 e. The summed E-state index contributed by atoms with van der Waals surface area (Å²) in [5, 5.41) is 0. The van der Waals surface area contributed by atoms with Crippen LogP contribution in [0.3, 0.4) is 0 Å². The molecule has 272 valence electrons. The first-order chi connectivity index (χ1) is 22.8. The van der Waals surface area contributed by atoms with Crippen molar-refractivity contribution >= 4 is 19.8 Å². The van der Waals surface area contributed by atoms with E-state index in [4.69, 9.17) is 24.3 Å². The first kappa shape index (κ1) is 45.0. The fourth-order valence-electron chi connectivity index (χ4n) is 4.51. The monoisotopic (exact) mass is 683 g/mol. The molecule has 0 radical (unpaired) electrons. The van der Waals surface area contributed by atoms with E-state index in [-0.39, 0.29) is 32.6 Å². The van der Waals surface area contributed by atoms with Gasteiger partial charge in [-0.15, -0.1) is 0 Å². The van der Waals surface area contributed by atoms with Gasteiger partial charge in [0.2, 0.25) is 0 Å². The Morgan fingerprint density at radius 2 is 1.13 bits per heavy atom. The molecule has 47 heavy (non-hydrogen) atoms. The summed E-state index contributed by atoms with van der Waals surface area (Å²) >= 11 is 0. The average Bonchev–Trinajstić information content (AvgIpc) is 3.05. The molecular formula is C37H66NO8P. The molecule has 10 heteroatoms. The van der Waals surface area contributed by atoms with Crippen molar-refractivity contribution in [3.63, 3.8) is 0 Å². The Hall–Kier alpha value is -2.03. The lowest BCUT2D eigenvalue weighted by Crippen LogP contribution is -2.29. The maximum Gasteiger partial charge on any atom is 0.472 e. The molecule has 0 rings (SSSR count). The third kappa shape index (κ3) is 33.7. The van der Waals surface area contributed by atoms with Crippen LogP contribution >= 0.6 is 7.82 Å². The lowest BCUT2D eigenvalue weighted by atomic mass is 10.1. The van der Waals surface area contributed by atoms with Crippen LogP contribution in [0.5, 0.6) is 0 Å². The van der Waals surface area contributed by atoms with E-state index in [2.05, 4.69) is 56.4 Å². The number of ether oxygens (including phenoxy) is 2. The highest BCUT2D eigenvalue weighted by Gasteiger charge is 2.25. The van der Waals surface area contributed by atoms with Gasteiger partial charge < -0.3 is 20.1 Å². The molecule has 0 aromatic rings. The van der Waals surface area contributed by atoms with Gasteiger partial charge in [0.05, 0.1) is 13.2 Å². The van der Waals surface area contributed by atoms with Crippen LogP contribution in [-0.2, 0) is 32.7 Å². The summed E-state index contributed by atoms with van der Waals surface area (Å²) in [6.45, 7) is 3.59. The molecule has 0 aromatic carbocycles. The molecule has 0 fully saturated rings. The lowest BCUT2D eigenvalue weighted by Gasteiger charge is -2.19. The number of carbonyl (C=O) groups excluding carboxylic acids is 2. The van der Waals surface area contributed by atoms with Gasteiger partial charge in [0.25, 0.3) is 0 Å². The molecule has 0 heterocycles. The summed E-state index contributed by atoms with van der Waals surface area (Å²) in [5.41, 5.74) is 5.31. The molecule has 0 saturated carbocycles. The van der Waals surface area contributed by atoms with E-state index >= 15 is 0 Å². The first-order valence-electron chi connectivity index (χ1n) is 18.1. The van der Waals surface area contributed by atoms with Gasteiger partial charge in [0, 0.05) is 19.4 Å². The Morgan fingerprint density at radius 1 is 0.638 bits per heavy atom. The zero-order valence-electron chi connectivity index (χ0n) is 29.5. The number of hydrogen-bond acceptors (Lipinski definition) is 8. The molecule has 9 nitrogen and oxygen atoms in total. The molecule has 0 amide bonds. The second-order valence-electron chi connectivity index (χ2n) is 11.7. The summed E-state index contributed by atoms with van der Waals surface area (Å²) in [7, 11) is -4.38. The van der Waals surface area contributed by atoms with Crippen LogP contribution in [0.4, 0.5) is 0 Å².